The van der Waals surface area contributed by atoms with Gasteiger partial charge in [-0.3, -0.25) is 0 Å². The van der Waals surface area contributed by atoms with E-state index in [-0.39, 0.29) is 6.04 Å². The summed E-state index contributed by atoms with van der Waals surface area (Å²) >= 11 is 6.04. The standard InChI is InChI=1S/C15H14ClF2N/c1-10(12-6-4-8-14(17)15(12)18)19-9-11-5-2-3-7-13(11)16/h2-8,10,19H,9H2,1H3. The van der Waals surface area contributed by atoms with Crippen LogP contribution in [-0.4, -0.2) is 0 Å². The van der Waals surface area contributed by atoms with E-state index < -0.39 is 11.6 Å². The first-order valence-electron chi connectivity index (χ1n) is 6.00. The lowest BCUT2D eigenvalue weighted by atomic mass is 10.1. The lowest BCUT2D eigenvalue weighted by molar-refractivity contribution is 0.472. The van der Waals surface area contributed by atoms with Gasteiger partial charge in [0.2, 0.25) is 0 Å². The van der Waals surface area contributed by atoms with Crippen LogP contribution < -0.4 is 5.32 Å². The summed E-state index contributed by atoms with van der Waals surface area (Å²) in [6.45, 7) is 2.28. The van der Waals surface area contributed by atoms with Crippen LogP contribution >= 0.6 is 11.6 Å². The Morgan fingerprint density at radius 2 is 1.84 bits per heavy atom. The maximum atomic E-state index is 13.6. The molecule has 2 aromatic rings. The normalized spacial score (nSPS) is 12.4. The first-order valence-corrected chi connectivity index (χ1v) is 6.38. The summed E-state index contributed by atoms with van der Waals surface area (Å²) < 4.78 is 26.8. The number of nitrogens with one attached hydrogen (secondary N) is 1. The highest BCUT2D eigenvalue weighted by Crippen LogP contribution is 2.20. The zero-order chi connectivity index (χ0) is 13.8. The van der Waals surface area contributed by atoms with Crippen LogP contribution in [-0.2, 0) is 6.54 Å². The third kappa shape index (κ3) is 3.31. The molecule has 1 N–H and O–H groups in total. The number of hydrogen-bond acceptors (Lipinski definition) is 1. The Morgan fingerprint density at radius 3 is 2.58 bits per heavy atom. The molecular weight excluding hydrogens is 268 g/mol. The molecule has 0 amide bonds. The van der Waals surface area contributed by atoms with Gasteiger partial charge in [-0.05, 0) is 24.6 Å². The van der Waals surface area contributed by atoms with Crippen LogP contribution in [0.3, 0.4) is 0 Å². The van der Waals surface area contributed by atoms with E-state index in [1.807, 2.05) is 18.2 Å². The Bertz CT molecular complexity index is 572. The second-order valence-corrected chi connectivity index (χ2v) is 4.74. The van der Waals surface area contributed by atoms with Crippen molar-refractivity contribution in [3.05, 3.63) is 70.2 Å². The van der Waals surface area contributed by atoms with Crippen molar-refractivity contribution < 1.29 is 8.78 Å². The molecule has 0 bridgehead atoms. The lowest BCUT2D eigenvalue weighted by Gasteiger charge is -2.15. The Balaban J connectivity index is 2.08. The van der Waals surface area contributed by atoms with Gasteiger partial charge in [0.05, 0.1) is 0 Å². The minimum absolute atomic E-state index is 0.299. The molecule has 2 rings (SSSR count). The molecule has 1 nitrogen and oxygen atoms in total. The van der Waals surface area contributed by atoms with Crippen molar-refractivity contribution in [3.8, 4) is 0 Å². The zero-order valence-electron chi connectivity index (χ0n) is 10.5. The summed E-state index contributed by atoms with van der Waals surface area (Å²) in [5, 5.41) is 3.79. The molecule has 0 aliphatic rings. The third-order valence-electron chi connectivity index (χ3n) is 3.00. The third-order valence-corrected chi connectivity index (χ3v) is 3.37. The predicted molar refractivity (Wildman–Crippen MR) is 73.1 cm³/mol. The van der Waals surface area contributed by atoms with Gasteiger partial charge < -0.3 is 5.32 Å². The minimum atomic E-state index is -0.830. The summed E-state index contributed by atoms with van der Waals surface area (Å²) in [5.74, 6) is -1.63. The van der Waals surface area contributed by atoms with Gasteiger partial charge in [-0.25, -0.2) is 8.78 Å². The van der Waals surface area contributed by atoms with Gasteiger partial charge in [0, 0.05) is 23.2 Å². The van der Waals surface area contributed by atoms with Crippen LogP contribution in [0.2, 0.25) is 5.02 Å². The van der Waals surface area contributed by atoms with Gasteiger partial charge in [0.15, 0.2) is 11.6 Å². The van der Waals surface area contributed by atoms with Crippen LogP contribution in [0.4, 0.5) is 8.78 Å². The van der Waals surface area contributed by atoms with Crippen molar-refractivity contribution in [2.45, 2.75) is 19.5 Å². The van der Waals surface area contributed by atoms with E-state index in [9.17, 15) is 8.78 Å². The molecule has 19 heavy (non-hydrogen) atoms. The van der Waals surface area contributed by atoms with Crippen molar-refractivity contribution >= 4 is 11.6 Å². The van der Waals surface area contributed by atoms with Crippen LogP contribution in [0.15, 0.2) is 42.5 Å². The SMILES string of the molecule is CC(NCc1ccccc1Cl)c1cccc(F)c1F. The molecule has 1 unspecified atom stereocenters. The number of benzene rings is 2. The summed E-state index contributed by atoms with van der Waals surface area (Å²) in [4.78, 5) is 0. The van der Waals surface area contributed by atoms with Gasteiger partial charge >= 0.3 is 0 Å². The van der Waals surface area contributed by atoms with Crippen molar-refractivity contribution in [1.82, 2.24) is 5.32 Å². The van der Waals surface area contributed by atoms with E-state index in [4.69, 9.17) is 11.6 Å². The summed E-state index contributed by atoms with van der Waals surface area (Å²) in [6, 6.07) is 11.3. The van der Waals surface area contributed by atoms with Gasteiger partial charge in [-0.1, -0.05) is 41.9 Å². The Kier molecular flexibility index (Phi) is 4.51. The second kappa shape index (κ2) is 6.13. The molecule has 0 aliphatic heterocycles. The van der Waals surface area contributed by atoms with Crippen molar-refractivity contribution in [2.75, 3.05) is 0 Å². The zero-order valence-corrected chi connectivity index (χ0v) is 11.2. The molecule has 1 atom stereocenters. The van der Waals surface area contributed by atoms with Crippen LogP contribution in [0.1, 0.15) is 24.1 Å². The van der Waals surface area contributed by atoms with Crippen LogP contribution in [0.5, 0.6) is 0 Å². The van der Waals surface area contributed by atoms with Crippen LogP contribution in [0, 0.1) is 11.6 Å². The van der Waals surface area contributed by atoms with E-state index in [1.54, 1.807) is 19.1 Å². The molecule has 0 fully saturated rings. The quantitative estimate of drug-likeness (QED) is 0.872. The number of hydrogen-bond donors (Lipinski definition) is 1. The second-order valence-electron chi connectivity index (χ2n) is 4.34. The van der Waals surface area contributed by atoms with Gasteiger partial charge in [-0.15, -0.1) is 0 Å². The molecule has 0 saturated heterocycles. The molecule has 0 saturated carbocycles. The van der Waals surface area contributed by atoms with E-state index in [0.29, 0.717) is 17.1 Å². The Morgan fingerprint density at radius 1 is 1.11 bits per heavy atom. The smallest absolute Gasteiger partial charge is 0.163 e. The fourth-order valence-corrected chi connectivity index (χ4v) is 2.07. The fraction of sp³-hybridized carbons (Fsp3) is 0.200. The van der Waals surface area contributed by atoms with E-state index >= 15 is 0 Å². The highest BCUT2D eigenvalue weighted by Gasteiger charge is 2.13. The molecule has 0 radical (unpaired) electrons. The molecule has 0 spiro atoms. The molecule has 0 heterocycles. The van der Waals surface area contributed by atoms with E-state index in [0.717, 1.165) is 11.6 Å². The number of halogens is 3. The van der Waals surface area contributed by atoms with Gasteiger partial charge in [-0.2, -0.15) is 0 Å². The van der Waals surface area contributed by atoms with Crippen molar-refractivity contribution in [3.63, 3.8) is 0 Å². The van der Waals surface area contributed by atoms with Gasteiger partial charge in [0.1, 0.15) is 0 Å². The number of rotatable bonds is 4. The first-order chi connectivity index (χ1) is 9.09. The Labute approximate surface area is 116 Å². The average molecular weight is 282 g/mol. The van der Waals surface area contributed by atoms with Crippen molar-refractivity contribution in [1.29, 1.82) is 0 Å². The predicted octanol–water partition coefficient (Wildman–Crippen LogP) is 4.47. The molecule has 0 aromatic heterocycles. The van der Waals surface area contributed by atoms with Gasteiger partial charge in [0.25, 0.3) is 0 Å². The monoisotopic (exact) mass is 281 g/mol. The average Bonchev–Trinajstić information content (AvgIpc) is 2.40. The summed E-state index contributed by atoms with van der Waals surface area (Å²) in [7, 11) is 0. The molecule has 0 aliphatic carbocycles. The first kappa shape index (κ1) is 14.0. The topological polar surface area (TPSA) is 12.0 Å². The fourth-order valence-electron chi connectivity index (χ4n) is 1.87. The van der Waals surface area contributed by atoms with Crippen molar-refractivity contribution in [2.24, 2.45) is 0 Å². The maximum Gasteiger partial charge on any atom is 0.163 e. The van der Waals surface area contributed by atoms with E-state index in [2.05, 4.69) is 5.32 Å². The Hall–Kier alpha value is -1.45. The lowest BCUT2D eigenvalue weighted by Crippen LogP contribution is -2.19. The van der Waals surface area contributed by atoms with Crippen LogP contribution in [0.25, 0.3) is 0 Å². The summed E-state index contributed by atoms with van der Waals surface area (Å²) in [6.07, 6.45) is 0. The minimum Gasteiger partial charge on any atom is -0.306 e. The van der Waals surface area contributed by atoms with E-state index in [1.165, 1.54) is 6.07 Å². The molecular formula is C15H14ClF2N. The summed E-state index contributed by atoms with van der Waals surface area (Å²) in [5.41, 5.74) is 1.24. The highest BCUT2D eigenvalue weighted by atomic mass is 35.5. The largest absolute Gasteiger partial charge is 0.306 e. The highest BCUT2D eigenvalue weighted by molar-refractivity contribution is 6.31. The maximum absolute atomic E-state index is 13.6. The molecule has 2 aromatic carbocycles. The molecule has 100 valence electrons. The molecule has 4 heteroatoms.